The summed E-state index contributed by atoms with van der Waals surface area (Å²) in [5.74, 6) is 1.21. The number of aryl methyl sites for hydroxylation is 1. The molecule has 0 radical (unpaired) electrons. The van der Waals surface area contributed by atoms with Gasteiger partial charge in [-0.05, 0) is 62.1 Å². The normalized spacial score (nSPS) is 30.3. The first-order valence-electron chi connectivity index (χ1n) is 9.44. The number of carbonyl (C=O) groups is 2. The molecule has 2 aromatic carbocycles. The van der Waals surface area contributed by atoms with Crippen molar-refractivity contribution >= 4 is 17.6 Å². The van der Waals surface area contributed by atoms with Crippen LogP contribution in [0.2, 0.25) is 0 Å². The molecule has 0 unspecified atom stereocenters. The third-order valence-electron chi connectivity index (χ3n) is 6.16. The molecule has 2 aromatic rings. The fourth-order valence-corrected chi connectivity index (χ4v) is 4.94. The highest BCUT2D eigenvalue weighted by Crippen LogP contribution is 2.57. The molecule has 3 fully saturated rings. The van der Waals surface area contributed by atoms with Gasteiger partial charge in [0.05, 0.1) is 11.8 Å². The van der Waals surface area contributed by atoms with Crippen molar-refractivity contribution in [1.29, 1.82) is 0 Å². The molecule has 0 spiro atoms. The lowest BCUT2D eigenvalue weighted by Crippen LogP contribution is -2.35. The second kappa shape index (κ2) is 6.12. The minimum Gasteiger partial charge on any atom is -0.462 e. The molecular weight excluding hydrogens is 342 g/mol. The number of carbonyl (C=O) groups excluding carboxylic acids is 2. The molecule has 0 aromatic heterocycles. The van der Waals surface area contributed by atoms with Crippen LogP contribution in [0.3, 0.4) is 0 Å². The predicted molar refractivity (Wildman–Crippen MR) is 99.4 cm³/mol. The Morgan fingerprint density at radius 2 is 1.70 bits per heavy atom. The van der Waals surface area contributed by atoms with E-state index in [1.54, 1.807) is 0 Å². The van der Waals surface area contributed by atoms with E-state index in [0.717, 1.165) is 18.6 Å². The number of rotatable bonds is 4. The predicted octanol–water partition coefficient (Wildman–Crippen LogP) is 3.92. The Morgan fingerprint density at radius 3 is 2.41 bits per heavy atom. The second-order valence-corrected chi connectivity index (χ2v) is 7.85. The maximum absolute atomic E-state index is 12.8. The molecule has 1 amide bonds. The van der Waals surface area contributed by atoms with Crippen molar-refractivity contribution in [3.05, 3.63) is 54.1 Å². The quantitative estimate of drug-likeness (QED) is 0.836. The van der Waals surface area contributed by atoms with Gasteiger partial charge < -0.3 is 14.8 Å². The highest BCUT2D eigenvalue weighted by molar-refractivity contribution is 5.97. The number of benzene rings is 2. The van der Waals surface area contributed by atoms with E-state index >= 15 is 0 Å². The lowest BCUT2D eigenvalue weighted by molar-refractivity contribution is -0.145. The van der Waals surface area contributed by atoms with E-state index in [4.69, 9.17) is 9.47 Å². The van der Waals surface area contributed by atoms with Crippen LogP contribution < -0.4 is 10.1 Å². The average Bonchev–Trinajstić information content (AvgIpc) is 3.27. The zero-order valence-electron chi connectivity index (χ0n) is 15.1. The number of amides is 1. The maximum Gasteiger partial charge on any atom is 0.310 e. The van der Waals surface area contributed by atoms with Crippen LogP contribution >= 0.6 is 0 Å². The maximum atomic E-state index is 12.8. The van der Waals surface area contributed by atoms with Gasteiger partial charge in [-0.3, -0.25) is 9.59 Å². The van der Waals surface area contributed by atoms with Crippen LogP contribution in [0.15, 0.2) is 48.5 Å². The molecule has 2 bridgehead atoms. The molecule has 1 aliphatic heterocycles. The van der Waals surface area contributed by atoms with Gasteiger partial charge in [0.1, 0.15) is 17.6 Å². The molecule has 5 heteroatoms. The molecule has 3 aliphatic rings. The van der Waals surface area contributed by atoms with E-state index in [1.807, 2.05) is 55.5 Å². The summed E-state index contributed by atoms with van der Waals surface area (Å²) in [6.45, 7) is 2.03. The molecule has 1 heterocycles. The summed E-state index contributed by atoms with van der Waals surface area (Å²) in [5.41, 5.74) is 1.89. The van der Waals surface area contributed by atoms with Crippen molar-refractivity contribution in [1.82, 2.24) is 0 Å². The molecule has 5 nitrogen and oxygen atoms in total. The molecular formula is C22H21NO4. The van der Waals surface area contributed by atoms with Gasteiger partial charge >= 0.3 is 5.97 Å². The smallest absolute Gasteiger partial charge is 0.310 e. The first-order chi connectivity index (χ1) is 13.1. The Bertz CT molecular complexity index is 888. The minimum absolute atomic E-state index is 0.0507. The third kappa shape index (κ3) is 2.78. The number of anilines is 1. The molecule has 2 saturated carbocycles. The number of hydrogen-bond acceptors (Lipinski definition) is 4. The van der Waals surface area contributed by atoms with Crippen LogP contribution in [0.1, 0.15) is 18.4 Å². The van der Waals surface area contributed by atoms with Gasteiger partial charge in [-0.2, -0.15) is 0 Å². The van der Waals surface area contributed by atoms with Gasteiger partial charge in [0.2, 0.25) is 5.91 Å². The van der Waals surface area contributed by atoms with Gasteiger partial charge in [-0.1, -0.05) is 17.7 Å². The lowest BCUT2D eigenvalue weighted by atomic mass is 9.79. The van der Waals surface area contributed by atoms with Crippen molar-refractivity contribution in [3.63, 3.8) is 0 Å². The van der Waals surface area contributed by atoms with E-state index in [2.05, 4.69) is 5.32 Å². The zero-order valence-corrected chi connectivity index (χ0v) is 15.1. The standard InChI is InChI=1S/C22H21NO4/c1-12-2-6-15(7-3-12)26-16-8-4-14(5-9-16)23-21(24)19-13-10-17-18(11-13)27-22(25)20(17)19/h2-9,13,17-20H,10-11H2,1H3,(H,23,24)/t13-,17+,18-,19-,20+/m1/s1. The van der Waals surface area contributed by atoms with Gasteiger partial charge in [-0.25, -0.2) is 0 Å². The molecule has 138 valence electrons. The summed E-state index contributed by atoms with van der Waals surface area (Å²) in [4.78, 5) is 24.9. The Labute approximate surface area is 157 Å². The van der Waals surface area contributed by atoms with Crippen molar-refractivity contribution in [3.8, 4) is 11.5 Å². The largest absolute Gasteiger partial charge is 0.462 e. The first-order valence-corrected chi connectivity index (χ1v) is 9.44. The summed E-state index contributed by atoms with van der Waals surface area (Å²) in [7, 11) is 0. The van der Waals surface area contributed by atoms with Crippen molar-refractivity contribution in [2.24, 2.45) is 23.7 Å². The molecule has 1 saturated heterocycles. The molecule has 5 rings (SSSR count). The van der Waals surface area contributed by atoms with E-state index in [9.17, 15) is 9.59 Å². The molecule has 27 heavy (non-hydrogen) atoms. The van der Waals surface area contributed by atoms with Crippen molar-refractivity contribution in [2.45, 2.75) is 25.9 Å². The Morgan fingerprint density at radius 1 is 1.04 bits per heavy atom. The summed E-state index contributed by atoms with van der Waals surface area (Å²) < 4.78 is 11.2. The number of fused-ring (bicyclic) bond motifs is 1. The van der Waals surface area contributed by atoms with Crippen LogP contribution in [0.4, 0.5) is 5.69 Å². The topological polar surface area (TPSA) is 64.6 Å². The van der Waals surface area contributed by atoms with Gasteiger partial charge in [0.25, 0.3) is 0 Å². The Balaban J connectivity index is 1.25. The highest BCUT2D eigenvalue weighted by atomic mass is 16.6. The van der Waals surface area contributed by atoms with Gasteiger partial charge in [0, 0.05) is 11.6 Å². The SMILES string of the molecule is Cc1ccc(Oc2ccc(NC(=O)[C@@H]3[C@@H]4C[C@@H]5[C@@H]3C(=O)O[C@@H]5C4)cc2)cc1. The molecule has 5 atom stereocenters. The summed E-state index contributed by atoms with van der Waals surface area (Å²) >= 11 is 0. The van der Waals surface area contributed by atoms with Crippen LogP contribution in [0.5, 0.6) is 11.5 Å². The van der Waals surface area contributed by atoms with Crippen molar-refractivity contribution in [2.75, 3.05) is 5.32 Å². The van der Waals surface area contributed by atoms with Gasteiger partial charge in [0.15, 0.2) is 0 Å². The molecule has 2 aliphatic carbocycles. The van der Waals surface area contributed by atoms with Crippen LogP contribution in [-0.4, -0.2) is 18.0 Å². The lowest BCUT2D eigenvalue weighted by Gasteiger charge is -2.23. The zero-order chi connectivity index (χ0) is 18.5. The third-order valence-corrected chi connectivity index (χ3v) is 6.16. The van der Waals surface area contributed by atoms with Gasteiger partial charge in [-0.15, -0.1) is 0 Å². The first kappa shape index (κ1) is 16.4. The number of ether oxygens (including phenoxy) is 2. The highest BCUT2D eigenvalue weighted by Gasteiger charge is 2.63. The number of nitrogens with one attached hydrogen (secondary N) is 1. The van der Waals surface area contributed by atoms with Crippen LogP contribution in [0, 0.1) is 30.6 Å². The summed E-state index contributed by atoms with van der Waals surface area (Å²) in [6, 6.07) is 15.2. The van der Waals surface area contributed by atoms with Crippen LogP contribution in [0.25, 0.3) is 0 Å². The average molecular weight is 363 g/mol. The van der Waals surface area contributed by atoms with E-state index < -0.39 is 0 Å². The summed E-state index contributed by atoms with van der Waals surface area (Å²) in [5, 5.41) is 2.97. The fraction of sp³-hybridized carbons (Fsp3) is 0.364. The fourth-order valence-electron chi connectivity index (χ4n) is 4.94. The summed E-state index contributed by atoms with van der Waals surface area (Å²) in [6.07, 6.45) is 1.81. The van der Waals surface area contributed by atoms with E-state index in [-0.39, 0.29) is 41.7 Å². The van der Waals surface area contributed by atoms with Crippen molar-refractivity contribution < 1.29 is 19.1 Å². The van der Waals surface area contributed by atoms with Crippen LogP contribution in [-0.2, 0) is 14.3 Å². The monoisotopic (exact) mass is 363 g/mol. The Hall–Kier alpha value is -2.82. The molecule has 1 N–H and O–H groups in total. The van der Waals surface area contributed by atoms with E-state index in [1.165, 1.54) is 5.56 Å². The minimum atomic E-state index is -0.260. The Kier molecular flexibility index (Phi) is 3.71. The second-order valence-electron chi connectivity index (χ2n) is 7.85. The number of esters is 1. The number of hydrogen-bond donors (Lipinski definition) is 1. The van der Waals surface area contributed by atoms with E-state index in [0.29, 0.717) is 11.4 Å².